The van der Waals surface area contributed by atoms with E-state index >= 15 is 0 Å². The quantitative estimate of drug-likeness (QED) is 0.584. The molecule has 0 saturated carbocycles. The fourth-order valence-corrected chi connectivity index (χ4v) is 1.12. The minimum absolute atomic E-state index is 0.533. The van der Waals surface area contributed by atoms with Gasteiger partial charge in [-0.15, -0.1) is 0 Å². The summed E-state index contributed by atoms with van der Waals surface area (Å²) in [5, 5.41) is 3.27. The lowest BCUT2D eigenvalue weighted by molar-refractivity contribution is -0.184. The van der Waals surface area contributed by atoms with E-state index in [0.717, 1.165) is 18.0 Å². The summed E-state index contributed by atoms with van der Waals surface area (Å²) in [6, 6.07) is 0. The van der Waals surface area contributed by atoms with E-state index in [1.165, 1.54) is 7.05 Å². The van der Waals surface area contributed by atoms with Gasteiger partial charge in [0.2, 0.25) is 6.17 Å². The van der Waals surface area contributed by atoms with Crippen molar-refractivity contribution < 1.29 is 27.1 Å². The first-order chi connectivity index (χ1) is 7.27. The lowest BCUT2D eigenvalue weighted by atomic mass is 10.2. The summed E-state index contributed by atoms with van der Waals surface area (Å²) >= 11 is 0. The van der Waals surface area contributed by atoms with Crippen molar-refractivity contribution in [3.63, 3.8) is 0 Å². The van der Waals surface area contributed by atoms with Crippen LogP contribution in [-0.4, -0.2) is 29.0 Å². The highest BCUT2D eigenvalue weighted by Crippen LogP contribution is 2.36. The number of methoxy groups -OCH3 is 1. The fraction of sp³-hybridized carbons (Fsp3) is 0.500. The average Bonchev–Trinajstić information content (AvgIpc) is 2.56. The average molecular weight is 240 g/mol. The number of aromatic nitrogens is 2. The molecular weight excluding hydrogens is 232 g/mol. The molecule has 1 atom stereocenters. The maximum Gasteiger partial charge on any atom is 0.425 e. The van der Waals surface area contributed by atoms with Crippen molar-refractivity contribution >= 4 is 5.97 Å². The zero-order chi connectivity index (χ0) is 12.5. The molecule has 0 radical (unpaired) electrons. The van der Waals surface area contributed by atoms with Crippen molar-refractivity contribution in [2.45, 2.75) is 12.3 Å². The monoisotopic (exact) mass is 240 g/mol. The highest BCUT2D eigenvalue weighted by atomic mass is 19.4. The zero-order valence-corrected chi connectivity index (χ0v) is 8.38. The molecule has 0 aliphatic heterocycles. The van der Waals surface area contributed by atoms with E-state index in [1.807, 2.05) is 0 Å². The number of hydrogen-bond acceptors (Lipinski definition) is 3. The molecular formula is C8H8F4N2O2. The maximum atomic E-state index is 13.0. The van der Waals surface area contributed by atoms with E-state index in [-0.39, 0.29) is 0 Å². The molecule has 0 saturated heterocycles. The highest BCUT2D eigenvalue weighted by molar-refractivity contribution is 5.90. The van der Waals surface area contributed by atoms with Gasteiger partial charge in [-0.05, 0) is 0 Å². The standard InChI is InChI=1S/C8H8F4N2O2/c1-14-3-4(7(15)16-2)5(13-14)6(9)8(10,11)12/h3,6H,1-2H3. The number of carbonyl (C=O) groups excluding carboxylic acids is 1. The molecule has 1 rings (SSSR count). The minimum Gasteiger partial charge on any atom is -0.465 e. The molecule has 0 fully saturated rings. The Morgan fingerprint density at radius 3 is 2.56 bits per heavy atom. The summed E-state index contributed by atoms with van der Waals surface area (Å²) in [5.41, 5.74) is -1.52. The second-order valence-corrected chi connectivity index (χ2v) is 3.00. The lowest BCUT2D eigenvalue weighted by Gasteiger charge is -2.10. The van der Waals surface area contributed by atoms with Gasteiger partial charge in [0.05, 0.1) is 7.11 Å². The summed E-state index contributed by atoms with van der Waals surface area (Å²) < 4.78 is 54.5. The van der Waals surface area contributed by atoms with Gasteiger partial charge in [0.25, 0.3) is 0 Å². The third-order valence-electron chi connectivity index (χ3n) is 1.79. The van der Waals surface area contributed by atoms with Crippen LogP contribution < -0.4 is 0 Å². The van der Waals surface area contributed by atoms with Crippen molar-refractivity contribution in [1.82, 2.24) is 9.78 Å². The van der Waals surface area contributed by atoms with E-state index in [4.69, 9.17) is 0 Å². The van der Waals surface area contributed by atoms with Crippen LogP contribution in [0.3, 0.4) is 0 Å². The molecule has 0 spiro atoms. The third kappa shape index (κ3) is 2.31. The van der Waals surface area contributed by atoms with Gasteiger partial charge in [-0.2, -0.15) is 18.3 Å². The van der Waals surface area contributed by atoms with Gasteiger partial charge in [-0.3, -0.25) is 4.68 Å². The smallest absolute Gasteiger partial charge is 0.425 e. The van der Waals surface area contributed by atoms with E-state index in [1.54, 1.807) is 0 Å². The number of alkyl halides is 4. The number of carbonyl (C=O) groups is 1. The topological polar surface area (TPSA) is 44.1 Å². The number of halogens is 4. The first-order valence-electron chi connectivity index (χ1n) is 4.10. The summed E-state index contributed by atoms with van der Waals surface area (Å²) in [6.45, 7) is 0. The molecule has 1 aromatic rings. The van der Waals surface area contributed by atoms with Crippen LogP contribution in [0.25, 0.3) is 0 Å². The third-order valence-corrected chi connectivity index (χ3v) is 1.79. The van der Waals surface area contributed by atoms with Crippen molar-refractivity contribution in [3.05, 3.63) is 17.5 Å². The number of esters is 1. The predicted octanol–water partition coefficient (Wildman–Crippen LogP) is 1.78. The number of hydrogen-bond donors (Lipinski definition) is 0. The van der Waals surface area contributed by atoms with E-state index in [9.17, 15) is 22.4 Å². The maximum absolute atomic E-state index is 13.0. The molecule has 1 heterocycles. The number of nitrogens with zero attached hydrogens (tertiary/aromatic N) is 2. The van der Waals surface area contributed by atoms with Gasteiger partial charge >= 0.3 is 12.1 Å². The van der Waals surface area contributed by atoms with Crippen molar-refractivity contribution in [1.29, 1.82) is 0 Å². The summed E-state index contributed by atoms with van der Waals surface area (Å²) in [4.78, 5) is 11.1. The molecule has 1 unspecified atom stereocenters. The van der Waals surface area contributed by atoms with Crippen molar-refractivity contribution in [3.8, 4) is 0 Å². The van der Waals surface area contributed by atoms with E-state index < -0.39 is 29.6 Å². The molecule has 0 aromatic carbocycles. The molecule has 8 heteroatoms. The molecule has 0 amide bonds. The van der Waals surface area contributed by atoms with Crippen LogP contribution in [0.1, 0.15) is 22.2 Å². The largest absolute Gasteiger partial charge is 0.465 e. The normalized spacial score (nSPS) is 13.6. The molecule has 0 bridgehead atoms. The van der Waals surface area contributed by atoms with Gasteiger partial charge in [-0.1, -0.05) is 0 Å². The van der Waals surface area contributed by atoms with E-state index in [2.05, 4.69) is 9.84 Å². The second-order valence-electron chi connectivity index (χ2n) is 3.00. The summed E-state index contributed by atoms with van der Waals surface area (Å²) in [5.74, 6) is -1.06. The Morgan fingerprint density at radius 2 is 2.12 bits per heavy atom. The predicted molar refractivity (Wildman–Crippen MR) is 44.5 cm³/mol. The van der Waals surface area contributed by atoms with Gasteiger partial charge in [0, 0.05) is 13.2 Å². The molecule has 4 nitrogen and oxygen atoms in total. The van der Waals surface area contributed by atoms with Gasteiger partial charge in [0.15, 0.2) is 0 Å². The lowest BCUT2D eigenvalue weighted by Crippen LogP contribution is -2.19. The van der Waals surface area contributed by atoms with Crippen LogP contribution in [0, 0.1) is 0 Å². The van der Waals surface area contributed by atoms with Crippen LogP contribution in [0.5, 0.6) is 0 Å². The SMILES string of the molecule is COC(=O)c1cn(C)nc1C(F)C(F)(F)F. The Morgan fingerprint density at radius 1 is 1.56 bits per heavy atom. The first kappa shape index (κ1) is 12.5. The van der Waals surface area contributed by atoms with Crippen LogP contribution in [0.2, 0.25) is 0 Å². The number of ether oxygens (including phenoxy) is 1. The Labute approximate surface area is 87.8 Å². The van der Waals surface area contributed by atoms with Crippen molar-refractivity contribution in [2.75, 3.05) is 7.11 Å². The van der Waals surface area contributed by atoms with Crippen molar-refractivity contribution in [2.24, 2.45) is 7.05 Å². The Kier molecular flexibility index (Phi) is 3.20. The minimum atomic E-state index is -5.10. The highest BCUT2D eigenvalue weighted by Gasteiger charge is 2.45. The van der Waals surface area contributed by atoms with Crippen LogP contribution in [-0.2, 0) is 11.8 Å². The van der Waals surface area contributed by atoms with Crippen LogP contribution in [0.4, 0.5) is 17.6 Å². The number of rotatable bonds is 2. The molecule has 16 heavy (non-hydrogen) atoms. The van der Waals surface area contributed by atoms with Gasteiger partial charge < -0.3 is 4.74 Å². The van der Waals surface area contributed by atoms with E-state index in [0.29, 0.717) is 0 Å². The summed E-state index contributed by atoms with van der Waals surface area (Å²) in [7, 11) is 2.26. The number of aryl methyl sites for hydroxylation is 1. The van der Waals surface area contributed by atoms with Gasteiger partial charge in [0.1, 0.15) is 11.3 Å². The Balaban J connectivity index is 3.18. The van der Waals surface area contributed by atoms with Crippen LogP contribution >= 0.6 is 0 Å². The molecule has 0 aliphatic carbocycles. The molecule has 90 valence electrons. The first-order valence-corrected chi connectivity index (χ1v) is 4.10. The molecule has 0 aliphatic rings. The van der Waals surface area contributed by atoms with Gasteiger partial charge in [-0.25, -0.2) is 9.18 Å². The second kappa shape index (κ2) is 4.11. The zero-order valence-electron chi connectivity index (χ0n) is 8.38. The molecule has 1 aromatic heterocycles. The molecule has 0 N–H and O–H groups in total. The summed E-state index contributed by atoms with van der Waals surface area (Å²) in [6.07, 6.45) is -7.43. The van der Waals surface area contributed by atoms with Crippen LogP contribution in [0.15, 0.2) is 6.20 Å². The Hall–Kier alpha value is -1.60. The Bertz CT molecular complexity index is 399. The fourth-order valence-electron chi connectivity index (χ4n) is 1.12.